The van der Waals surface area contributed by atoms with Crippen molar-refractivity contribution in [2.24, 2.45) is 0 Å². The molecule has 108 valence electrons. The first-order chi connectivity index (χ1) is 9.68. The largest absolute Gasteiger partial charge is 0.315 e. The Morgan fingerprint density at radius 3 is 2.45 bits per heavy atom. The summed E-state index contributed by atoms with van der Waals surface area (Å²) in [5, 5.41) is 6.19. The maximum atomic E-state index is 3.64. The summed E-state index contributed by atoms with van der Waals surface area (Å²) in [6, 6.07) is 13.7. The zero-order chi connectivity index (χ0) is 14.4. The van der Waals surface area contributed by atoms with E-state index in [1.165, 1.54) is 46.5 Å². The first kappa shape index (κ1) is 15.5. The SMILES string of the molecule is CC(C)NCCCCCc1ccc(Br)c2ccccc12. The third-order valence-electron chi connectivity index (χ3n) is 3.64. The van der Waals surface area contributed by atoms with Crippen LogP contribution in [0.1, 0.15) is 38.7 Å². The Balaban J connectivity index is 1.89. The molecule has 0 fully saturated rings. The van der Waals surface area contributed by atoms with Crippen molar-refractivity contribution in [1.29, 1.82) is 0 Å². The maximum Gasteiger partial charge on any atom is 0.0253 e. The van der Waals surface area contributed by atoms with Crippen molar-refractivity contribution in [3.05, 3.63) is 46.4 Å². The van der Waals surface area contributed by atoms with Crippen molar-refractivity contribution in [2.45, 2.75) is 45.6 Å². The van der Waals surface area contributed by atoms with E-state index in [4.69, 9.17) is 0 Å². The molecule has 0 aliphatic heterocycles. The fourth-order valence-electron chi connectivity index (χ4n) is 2.55. The average molecular weight is 334 g/mol. The van der Waals surface area contributed by atoms with Gasteiger partial charge in [0.15, 0.2) is 0 Å². The molecule has 0 atom stereocenters. The number of nitrogens with one attached hydrogen (secondary N) is 1. The van der Waals surface area contributed by atoms with Gasteiger partial charge in [0.2, 0.25) is 0 Å². The first-order valence-corrected chi connectivity index (χ1v) is 8.37. The van der Waals surface area contributed by atoms with Crippen molar-refractivity contribution >= 4 is 26.7 Å². The second-order valence-electron chi connectivity index (χ2n) is 5.67. The van der Waals surface area contributed by atoms with Crippen LogP contribution in [0.3, 0.4) is 0 Å². The Kier molecular flexibility index (Phi) is 6.06. The second kappa shape index (κ2) is 7.80. The number of unbranched alkanes of at least 4 members (excludes halogenated alkanes) is 2. The summed E-state index contributed by atoms with van der Waals surface area (Å²) in [6.07, 6.45) is 5.01. The first-order valence-electron chi connectivity index (χ1n) is 7.58. The van der Waals surface area contributed by atoms with E-state index in [9.17, 15) is 0 Å². The summed E-state index contributed by atoms with van der Waals surface area (Å²) in [4.78, 5) is 0. The molecule has 0 heterocycles. The molecule has 0 radical (unpaired) electrons. The summed E-state index contributed by atoms with van der Waals surface area (Å²) in [5.74, 6) is 0. The molecule has 0 spiro atoms. The van der Waals surface area contributed by atoms with Gasteiger partial charge in [0, 0.05) is 10.5 Å². The summed E-state index contributed by atoms with van der Waals surface area (Å²) in [5.41, 5.74) is 1.47. The number of benzene rings is 2. The Morgan fingerprint density at radius 2 is 1.70 bits per heavy atom. The van der Waals surface area contributed by atoms with Crippen molar-refractivity contribution in [2.75, 3.05) is 6.54 Å². The van der Waals surface area contributed by atoms with Gasteiger partial charge in [-0.2, -0.15) is 0 Å². The minimum Gasteiger partial charge on any atom is -0.315 e. The van der Waals surface area contributed by atoms with E-state index in [-0.39, 0.29) is 0 Å². The minimum atomic E-state index is 0.602. The predicted molar refractivity (Wildman–Crippen MR) is 92.3 cm³/mol. The second-order valence-corrected chi connectivity index (χ2v) is 6.53. The zero-order valence-corrected chi connectivity index (χ0v) is 14.0. The third kappa shape index (κ3) is 4.32. The van der Waals surface area contributed by atoms with Crippen LogP contribution in [-0.4, -0.2) is 12.6 Å². The van der Waals surface area contributed by atoms with E-state index in [2.05, 4.69) is 71.5 Å². The lowest BCUT2D eigenvalue weighted by Crippen LogP contribution is -2.23. The van der Waals surface area contributed by atoms with Crippen LogP contribution in [0.2, 0.25) is 0 Å². The van der Waals surface area contributed by atoms with Gasteiger partial charge in [-0.3, -0.25) is 0 Å². The van der Waals surface area contributed by atoms with Crippen LogP contribution < -0.4 is 5.32 Å². The number of hydrogen-bond donors (Lipinski definition) is 1. The van der Waals surface area contributed by atoms with Crippen LogP contribution in [0, 0.1) is 0 Å². The molecule has 1 nitrogen and oxygen atoms in total. The molecule has 2 heteroatoms. The minimum absolute atomic E-state index is 0.602. The fourth-order valence-corrected chi connectivity index (χ4v) is 3.03. The molecule has 20 heavy (non-hydrogen) atoms. The van der Waals surface area contributed by atoms with Crippen molar-refractivity contribution in [1.82, 2.24) is 5.32 Å². The lowest BCUT2D eigenvalue weighted by atomic mass is 10.00. The smallest absolute Gasteiger partial charge is 0.0253 e. The normalized spacial score (nSPS) is 11.4. The van der Waals surface area contributed by atoms with Gasteiger partial charge in [-0.1, -0.05) is 66.5 Å². The Morgan fingerprint density at radius 1 is 0.950 bits per heavy atom. The van der Waals surface area contributed by atoms with E-state index in [1.54, 1.807) is 0 Å². The van der Waals surface area contributed by atoms with Gasteiger partial charge in [-0.15, -0.1) is 0 Å². The zero-order valence-electron chi connectivity index (χ0n) is 12.5. The molecule has 0 unspecified atom stereocenters. The molecular weight excluding hydrogens is 310 g/mol. The van der Waals surface area contributed by atoms with Crippen molar-refractivity contribution < 1.29 is 0 Å². The number of halogens is 1. The molecular formula is C18H24BrN. The molecule has 0 saturated heterocycles. The molecule has 2 aromatic carbocycles. The van der Waals surface area contributed by atoms with Gasteiger partial charge in [-0.05, 0) is 48.2 Å². The van der Waals surface area contributed by atoms with Crippen LogP contribution in [0.5, 0.6) is 0 Å². The quantitative estimate of drug-likeness (QED) is 0.676. The van der Waals surface area contributed by atoms with E-state index >= 15 is 0 Å². The van der Waals surface area contributed by atoms with Crippen LogP contribution in [0.25, 0.3) is 10.8 Å². The molecule has 2 aromatic rings. The van der Waals surface area contributed by atoms with Crippen LogP contribution >= 0.6 is 15.9 Å². The van der Waals surface area contributed by atoms with Gasteiger partial charge in [0.1, 0.15) is 0 Å². The predicted octanol–water partition coefficient (Wildman–Crippen LogP) is 5.31. The van der Waals surface area contributed by atoms with E-state index in [0.717, 1.165) is 6.54 Å². The highest BCUT2D eigenvalue weighted by molar-refractivity contribution is 9.10. The van der Waals surface area contributed by atoms with Gasteiger partial charge in [0.25, 0.3) is 0 Å². The number of hydrogen-bond acceptors (Lipinski definition) is 1. The third-order valence-corrected chi connectivity index (χ3v) is 4.33. The monoisotopic (exact) mass is 333 g/mol. The molecule has 1 N–H and O–H groups in total. The van der Waals surface area contributed by atoms with Gasteiger partial charge in [0.05, 0.1) is 0 Å². The van der Waals surface area contributed by atoms with Gasteiger partial charge < -0.3 is 5.32 Å². The molecule has 0 aromatic heterocycles. The van der Waals surface area contributed by atoms with Crippen LogP contribution in [-0.2, 0) is 6.42 Å². The van der Waals surface area contributed by atoms with Crippen molar-refractivity contribution in [3.8, 4) is 0 Å². The highest BCUT2D eigenvalue weighted by atomic mass is 79.9. The fraction of sp³-hybridized carbons (Fsp3) is 0.444. The summed E-state index contributed by atoms with van der Waals surface area (Å²) in [7, 11) is 0. The Hall–Kier alpha value is -0.860. The molecule has 0 aliphatic carbocycles. The molecule has 0 aliphatic rings. The lowest BCUT2D eigenvalue weighted by molar-refractivity contribution is 0.549. The standard InChI is InChI=1S/C18H24BrN/c1-14(2)20-13-7-3-4-8-15-11-12-18(19)17-10-6-5-9-16(15)17/h5-6,9-12,14,20H,3-4,7-8,13H2,1-2H3. The average Bonchev–Trinajstić information content (AvgIpc) is 2.45. The van der Waals surface area contributed by atoms with Crippen LogP contribution in [0.4, 0.5) is 0 Å². The summed E-state index contributed by atoms with van der Waals surface area (Å²) in [6.45, 7) is 5.54. The number of aryl methyl sites for hydroxylation is 1. The highest BCUT2D eigenvalue weighted by Gasteiger charge is 2.03. The van der Waals surface area contributed by atoms with Crippen LogP contribution in [0.15, 0.2) is 40.9 Å². The highest BCUT2D eigenvalue weighted by Crippen LogP contribution is 2.27. The number of rotatable bonds is 7. The Labute approximate surface area is 130 Å². The van der Waals surface area contributed by atoms with E-state index in [1.807, 2.05) is 0 Å². The van der Waals surface area contributed by atoms with Gasteiger partial charge >= 0.3 is 0 Å². The van der Waals surface area contributed by atoms with E-state index in [0.29, 0.717) is 6.04 Å². The summed E-state index contributed by atoms with van der Waals surface area (Å²) >= 11 is 3.64. The molecule has 0 saturated carbocycles. The Bertz CT molecular complexity index is 548. The number of fused-ring (bicyclic) bond motifs is 1. The lowest BCUT2D eigenvalue weighted by Gasteiger charge is -2.09. The van der Waals surface area contributed by atoms with Gasteiger partial charge in [-0.25, -0.2) is 0 Å². The summed E-state index contributed by atoms with van der Waals surface area (Å²) < 4.78 is 1.19. The maximum absolute atomic E-state index is 3.64. The molecule has 0 bridgehead atoms. The topological polar surface area (TPSA) is 12.0 Å². The molecule has 2 rings (SSSR count). The molecule has 0 amide bonds. The van der Waals surface area contributed by atoms with E-state index < -0.39 is 0 Å². The van der Waals surface area contributed by atoms with Crippen molar-refractivity contribution in [3.63, 3.8) is 0 Å².